The summed E-state index contributed by atoms with van der Waals surface area (Å²) in [4.78, 5) is 12.5. The van der Waals surface area contributed by atoms with Crippen molar-refractivity contribution in [3.8, 4) is 0 Å². The molecule has 33 heavy (non-hydrogen) atoms. The van der Waals surface area contributed by atoms with E-state index in [1.165, 1.54) is 38.5 Å². The maximum Gasteiger partial charge on any atom is 0.312 e. The number of hydrogen-bond acceptors (Lipinski definition) is 2. The molecule has 0 amide bonds. The molecule has 4 fully saturated rings. The fraction of sp³-hybridized carbons (Fsp3) is 0.900. The zero-order chi connectivity index (χ0) is 24.2. The monoisotopic (exact) mass is 456 g/mol. The van der Waals surface area contributed by atoms with E-state index in [0.717, 1.165) is 30.6 Å². The van der Waals surface area contributed by atoms with Crippen LogP contribution in [0.3, 0.4) is 0 Å². The largest absolute Gasteiger partial charge is 0.481 e. The molecule has 0 aromatic heterocycles. The van der Waals surface area contributed by atoms with E-state index in [1.807, 2.05) is 6.92 Å². The molecule has 186 valence electrons. The average Bonchev–Trinajstić information content (AvgIpc) is 3.11. The first-order valence-corrected chi connectivity index (χ1v) is 13.9. The average molecular weight is 457 g/mol. The van der Waals surface area contributed by atoms with Gasteiger partial charge in [-0.1, -0.05) is 53.2 Å². The number of aliphatic hydroxyl groups is 1. The number of carbonyl (C=O) groups is 1. The molecule has 0 aliphatic heterocycles. The minimum Gasteiger partial charge on any atom is -0.481 e. The van der Waals surface area contributed by atoms with E-state index in [-0.39, 0.29) is 16.7 Å². The van der Waals surface area contributed by atoms with E-state index >= 15 is 0 Å². The molecule has 0 unspecified atom stereocenters. The molecule has 10 atom stereocenters. The summed E-state index contributed by atoms with van der Waals surface area (Å²) in [7, 11) is 0. The van der Waals surface area contributed by atoms with Crippen LogP contribution < -0.4 is 0 Å². The van der Waals surface area contributed by atoms with Crippen LogP contribution >= 0.6 is 0 Å². The lowest BCUT2D eigenvalue weighted by Gasteiger charge is -2.69. The minimum atomic E-state index is -1.04. The second-order valence-corrected chi connectivity index (χ2v) is 14.4. The second kappa shape index (κ2) is 7.11. The molecule has 0 aromatic rings. The molecule has 0 aromatic carbocycles. The number of carboxylic acids is 1. The highest BCUT2D eigenvalue weighted by Gasteiger charge is 2.69. The Morgan fingerprint density at radius 3 is 2.24 bits per heavy atom. The Hall–Kier alpha value is -0.830. The summed E-state index contributed by atoms with van der Waals surface area (Å²) in [5.41, 5.74) is 1.62. The van der Waals surface area contributed by atoms with Gasteiger partial charge in [0.25, 0.3) is 0 Å². The molecule has 0 radical (unpaired) electrons. The zero-order valence-electron chi connectivity index (χ0n) is 22.2. The fourth-order valence-corrected chi connectivity index (χ4v) is 11.2. The molecule has 4 saturated carbocycles. The van der Waals surface area contributed by atoms with Gasteiger partial charge >= 0.3 is 5.97 Å². The normalized spacial score (nSPS) is 55.8. The van der Waals surface area contributed by atoms with Crippen molar-refractivity contribution in [1.29, 1.82) is 0 Å². The van der Waals surface area contributed by atoms with Crippen molar-refractivity contribution in [3.63, 3.8) is 0 Å². The first-order valence-electron chi connectivity index (χ1n) is 13.9. The van der Waals surface area contributed by atoms with Gasteiger partial charge in [-0.25, -0.2) is 0 Å². The topological polar surface area (TPSA) is 57.5 Å². The van der Waals surface area contributed by atoms with E-state index in [9.17, 15) is 15.0 Å². The van der Waals surface area contributed by atoms with Crippen LogP contribution in [0.4, 0.5) is 0 Å². The first-order chi connectivity index (χ1) is 15.3. The van der Waals surface area contributed by atoms with Crippen LogP contribution in [0.25, 0.3) is 0 Å². The third-order valence-corrected chi connectivity index (χ3v) is 13.4. The van der Waals surface area contributed by atoms with Gasteiger partial charge in [-0.3, -0.25) is 4.79 Å². The van der Waals surface area contributed by atoms with Gasteiger partial charge in [-0.15, -0.1) is 0 Å². The molecular formula is C30H48O3. The Bertz CT molecular complexity index is 876. The third kappa shape index (κ3) is 2.70. The number of rotatable bonds is 2. The Morgan fingerprint density at radius 2 is 1.61 bits per heavy atom. The smallest absolute Gasteiger partial charge is 0.312 e. The number of aliphatic carboxylic acids is 1. The molecule has 0 bridgehead atoms. The van der Waals surface area contributed by atoms with Crippen molar-refractivity contribution >= 4 is 5.97 Å². The molecule has 3 nitrogen and oxygen atoms in total. The predicted molar refractivity (Wildman–Crippen MR) is 133 cm³/mol. The third-order valence-electron chi connectivity index (χ3n) is 13.4. The quantitative estimate of drug-likeness (QED) is 0.436. The Kier molecular flexibility index (Phi) is 5.15. The maximum absolute atomic E-state index is 12.5. The first kappa shape index (κ1) is 23.9. The van der Waals surface area contributed by atoms with Crippen LogP contribution in [-0.2, 0) is 4.79 Å². The summed E-state index contributed by atoms with van der Waals surface area (Å²) in [5.74, 6) is 2.07. The summed E-state index contributed by atoms with van der Waals surface area (Å²) >= 11 is 0. The Morgan fingerprint density at radius 1 is 0.909 bits per heavy atom. The van der Waals surface area contributed by atoms with Crippen molar-refractivity contribution in [2.24, 2.45) is 56.7 Å². The fourth-order valence-electron chi connectivity index (χ4n) is 11.2. The van der Waals surface area contributed by atoms with Gasteiger partial charge in [0, 0.05) is 0 Å². The lowest BCUT2D eigenvalue weighted by atomic mass is 9.35. The second-order valence-electron chi connectivity index (χ2n) is 14.4. The van der Waals surface area contributed by atoms with Crippen molar-refractivity contribution in [1.82, 2.24) is 0 Å². The van der Waals surface area contributed by atoms with E-state index in [0.29, 0.717) is 23.2 Å². The van der Waals surface area contributed by atoms with Gasteiger partial charge in [0.15, 0.2) is 0 Å². The van der Waals surface area contributed by atoms with Crippen LogP contribution in [0.15, 0.2) is 11.6 Å². The van der Waals surface area contributed by atoms with Gasteiger partial charge in [-0.2, -0.15) is 0 Å². The van der Waals surface area contributed by atoms with Crippen molar-refractivity contribution in [2.75, 3.05) is 0 Å². The van der Waals surface area contributed by atoms with E-state index in [4.69, 9.17) is 0 Å². The lowest BCUT2D eigenvalue weighted by Crippen LogP contribution is -2.63. The van der Waals surface area contributed by atoms with Crippen molar-refractivity contribution in [3.05, 3.63) is 11.6 Å². The SMILES string of the molecule is CC(C)[C@H]1CC[C@@H]2[C@]1(C)CC[C@]1(C)C3=CC[C@@H]4[C@](C)(CC[C@H](O)[C@@]4(C)C(=O)O)[C@H]3CC[C@@]21C. The van der Waals surface area contributed by atoms with Gasteiger partial charge in [-0.05, 0) is 116 Å². The molecule has 5 aliphatic rings. The number of allylic oxidation sites excluding steroid dienone is 2. The molecule has 5 aliphatic carbocycles. The van der Waals surface area contributed by atoms with Crippen LogP contribution in [0, 0.1) is 56.7 Å². The molecule has 0 heterocycles. The molecule has 2 N–H and O–H groups in total. The highest BCUT2D eigenvalue weighted by atomic mass is 16.4. The Labute approximate surface area is 201 Å². The number of fused-ring (bicyclic) bond motifs is 7. The highest BCUT2D eigenvalue weighted by molar-refractivity contribution is 5.76. The summed E-state index contributed by atoms with van der Waals surface area (Å²) in [5, 5.41) is 21.0. The summed E-state index contributed by atoms with van der Waals surface area (Å²) in [6.07, 6.45) is 12.0. The summed E-state index contributed by atoms with van der Waals surface area (Å²) in [6, 6.07) is 0. The molecule has 3 heteroatoms. The lowest BCUT2D eigenvalue weighted by molar-refractivity contribution is -0.188. The van der Waals surface area contributed by atoms with Crippen molar-refractivity contribution in [2.45, 2.75) is 112 Å². The molecule has 5 rings (SSSR count). The van der Waals surface area contributed by atoms with Gasteiger partial charge in [0.2, 0.25) is 0 Å². The standard InChI is InChI=1S/C30H48O3/c1-18(2)19-8-10-22-27(19,4)16-17-28(5)21-9-11-23-26(3,20(21)12-15-29(22,28)6)14-13-24(31)30(23,7)25(32)33/h9,18-20,22-24,31H,8,10-17H2,1-7H3,(H,32,33)/t19-,20+,22-,23-,24+,26-,27-,28-,29+,30+/m1/s1. The summed E-state index contributed by atoms with van der Waals surface area (Å²) < 4.78 is 0. The van der Waals surface area contributed by atoms with E-state index in [2.05, 4.69) is 47.6 Å². The minimum absolute atomic E-state index is 0.0126. The van der Waals surface area contributed by atoms with Crippen LogP contribution in [0.2, 0.25) is 0 Å². The Balaban J connectivity index is 1.56. The van der Waals surface area contributed by atoms with Gasteiger partial charge in [0.1, 0.15) is 0 Å². The van der Waals surface area contributed by atoms with Crippen LogP contribution in [-0.4, -0.2) is 22.3 Å². The highest BCUT2D eigenvalue weighted by Crippen LogP contribution is 2.76. The molecule has 0 saturated heterocycles. The predicted octanol–water partition coefficient (Wildman–Crippen LogP) is 7.09. The van der Waals surface area contributed by atoms with Crippen LogP contribution in [0.5, 0.6) is 0 Å². The summed E-state index contributed by atoms with van der Waals surface area (Å²) in [6.45, 7) is 16.9. The number of carboxylic acid groups (broad SMARTS) is 1. The van der Waals surface area contributed by atoms with E-state index in [1.54, 1.807) is 5.57 Å². The van der Waals surface area contributed by atoms with Crippen LogP contribution in [0.1, 0.15) is 106 Å². The van der Waals surface area contributed by atoms with Gasteiger partial charge in [0.05, 0.1) is 11.5 Å². The zero-order valence-corrected chi connectivity index (χ0v) is 22.2. The molecular weight excluding hydrogens is 408 g/mol. The maximum atomic E-state index is 12.5. The van der Waals surface area contributed by atoms with Crippen molar-refractivity contribution < 1.29 is 15.0 Å². The number of hydrogen-bond donors (Lipinski definition) is 2. The molecule has 0 spiro atoms. The van der Waals surface area contributed by atoms with E-state index < -0.39 is 17.5 Å². The number of aliphatic hydroxyl groups excluding tert-OH is 1. The van der Waals surface area contributed by atoms with Gasteiger partial charge < -0.3 is 10.2 Å².